The summed E-state index contributed by atoms with van der Waals surface area (Å²) in [5.74, 6) is -0.707. The van der Waals surface area contributed by atoms with Crippen LogP contribution in [0.4, 0.5) is 0 Å². The smallest absolute Gasteiger partial charge is 0.317 e. The number of likely N-dealkylation sites (tertiary alicyclic amines) is 1. The van der Waals surface area contributed by atoms with Gasteiger partial charge in [0.2, 0.25) is 0 Å². The van der Waals surface area contributed by atoms with Crippen LogP contribution >= 0.6 is 0 Å². The molecule has 0 bridgehead atoms. The zero-order valence-electron chi connectivity index (χ0n) is 9.17. The highest BCUT2D eigenvalue weighted by Crippen LogP contribution is 2.07. The van der Waals surface area contributed by atoms with E-state index in [1.807, 2.05) is 4.90 Å². The molecule has 2 aliphatic heterocycles. The van der Waals surface area contributed by atoms with Crippen molar-refractivity contribution < 1.29 is 19.4 Å². The monoisotopic (exact) mass is 227 g/mol. The molecule has 0 radical (unpaired) electrons. The van der Waals surface area contributed by atoms with Gasteiger partial charge >= 0.3 is 5.97 Å². The molecule has 0 unspecified atom stereocenters. The summed E-state index contributed by atoms with van der Waals surface area (Å²) in [5.41, 5.74) is 0. The van der Waals surface area contributed by atoms with Crippen LogP contribution in [0.2, 0.25) is 0 Å². The molecular weight excluding hydrogens is 210 g/mol. The van der Waals surface area contributed by atoms with Gasteiger partial charge in [0.1, 0.15) is 25.0 Å². The molecule has 0 spiro atoms. The number of nitrogens with zero attached hydrogens (tertiary/aromatic N) is 1. The van der Waals surface area contributed by atoms with Gasteiger partial charge in [-0.1, -0.05) is 6.42 Å². The molecule has 5 heteroatoms. The van der Waals surface area contributed by atoms with Crippen LogP contribution in [0.1, 0.15) is 19.3 Å². The minimum Gasteiger partial charge on any atom is -0.480 e. The number of rotatable bonds is 2. The van der Waals surface area contributed by atoms with Crippen LogP contribution in [0.25, 0.3) is 0 Å². The largest absolute Gasteiger partial charge is 0.480 e. The summed E-state index contributed by atoms with van der Waals surface area (Å²) in [5, 5.41) is 8.42. The number of aliphatic carboxylic acids is 1. The third kappa shape index (κ3) is 6.08. The highest BCUT2D eigenvalue weighted by molar-refractivity contribution is 5.69. The van der Waals surface area contributed by atoms with E-state index in [0.29, 0.717) is 0 Å². The third-order valence-corrected chi connectivity index (χ3v) is 2.23. The Balaban J connectivity index is 0.000000181. The number of carbonyl (C=O) groups is 1. The molecule has 0 aromatic carbocycles. The van der Waals surface area contributed by atoms with Gasteiger partial charge in [-0.05, 0) is 25.9 Å². The van der Waals surface area contributed by atoms with Crippen molar-refractivity contribution in [1.29, 1.82) is 0 Å². The van der Waals surface area contributed by atoms with Crippen LogP contribution < -0.4 is 0 Å². The van der Waals surface area contributed by atoms with Gasteiger partial charge in [0.05, 0.1) is 6.54 Å². The van der Waals surface area contributed by atoms with Crippen molar-refractivity contribution in [3.8, 4) is 0 Å². The lowest BCUT2D eigenvalue weighted by Gasteiger charge is -2.24. The molecular formula is C11H17NO4. The molecule has 1 fully saturated rings. The van der Waals surface area contributed by atoms with Gasteiger partial charge in [-0.25, -0.2) is 0 Å². The summed E-state index contributed by atoms with van der Waals surface area (Å²) < 4.78 is 9.17. The Morgan fingerprint density at radius 1 is 1.06 bits per heavy atom. The molecule has 2 heterocycles. The Morgan fingerprint density at radius 3 is 1.94 bits per heavy atom. The number of hydrogen-bond donors (Lipinski definition) is 1. The number of hydrogen-bond acceptors (Lipinski definition) is 4. The van der Waals surface area contributed by atoms with E-state index in [-0.39, 0.29) is 6.54 Å². The van der Waals surface area contributed by atoms with Gasteiger partial charge in [0.25, 0.3) is 0 Å². The Kier molecular flexibility index (Phi) is 6.10. The van der Waals surface area contributed by atoms with Crippen LogP contribution in [0.5, 0.6) is 0 Å². The van der Waals surface area contributed by atoms with Crippen LogP contribution in [-0.4, -0.2) is 35.6 Å². The fourth-order valence-electron chi connectivity index (χ4n) is 1.53. The van der Waals surface area contributed by atoms with Crippen LogP contribution in [-0.2, 0) is 14.3 Å². The highest BCUT2D eigenvalue weighted by atomic mass is 16.5. The topological polar surface area (TPSA) is 59.0 Å². The first-order valence-electron chi connectivity index (χ1n) is 5.34. The molecule has 0 aliphatic carbocycles. The second kappa shape index (κ2) is 7.76. The maximum Gasteiger partial charge on any atom is 0.317 e. The Hall–Kier alpha value is -1.49. The predicted octanol–water partition coefficient (Wildman–Crippen LogP) is 1.53. The molecule has 0 saturated carbocycles. The summed E-state index contributed by atoms with van der Waals surface area (Å²) in [6.45, 7) is 2.15. The molecule has 5 nitrogen and oxygen atoms in total. The number of carboxylic acids is 1. The van der Waals surface area contributed by atoms with E-state index in [9.17, 15) is 4.79 Å². The first kappa shape index (κ1) is 12.6. The van der Waals surface area contributed by atoms with E-state index < -0.39 is 5.97 Å². The van der Waals surface area contributed by atoms with Gasteiger partial charge < -0.3 is 14.6 Å². The van der Waals surface area contributed by atoms with E-state index in [1.165, 1.54) is 31.5 Å². The molecule has 2 aliphatic rings. The number of ether oxygens (including phenoxy) is 2. The van der Waals surface area contributed by atoms with Gasteiger partial charge in [-0.3, -0.25) is 9.69 Å². The second-order valence-corrected chi connectivity index (χ2v) is 3.55. The Labute approximate surface area is 94.9 Å². The van der Waals surface area contributed by atoms with Crippen molar-refractivity contribution in [2.24, 2.45) is 0 Å². The normalized spacial score (nSPS) is 19.0. The minimum atomic E-state index is -0.707. The Bertz CT molecular complexity index is 237. The fraction of sp³-hybridized carbons (Fsp3) is 0.545. The lowest BCUT2D eigenvalue weighted by Crippen LogP contribution is -2.34. The van der Waals surface area contributed by atoms with Crippen LogP contribution in [0, 0.1) is 0 Å². The van der Waals surface area contributed by atoms with E-state index in [4.69, 9.17) is 5.11 Å². The van der Waals surface area contributed by atoms with Crippen molar-refractivity contribution in [3.05, 3.63) is 25.0 Å². The summed E-state index contributed by atoms with van der Waals surface area (Å²) in [6.07, 6.45) is 9.41. The van der Waals surface area contributed by atoms with Crippen molar-refractivity contribution in [1.82, 2.24) is 4.90 Å². The quantitative estimate of drug-likeness (QED) is 0.775. The van der Waals surface area contributed by atoms with E-state index in [1.54, 1.807) is 0 Å². The number of piperidine rings is 1. The third-order valence-electron chi connectivity index (χ3n) is 2.23. The molecule has 90 valence electrons. The summed E-state index contributed by atoms with van der Waals surface area (Å²) >= 11 is 0. The van der Waals surface area contributed by atoms with E-state index in [0.717, 1.165) is 25.9 Å². The van der Waals surface area contributed by atoms with Crippen LogP contribution in [0.15, 0.2) is 25.0 Å². The zero-order valence-corrected chi connectivity index (χ0v) is 9.17. The van der Waals surface area contributed by atoms with Gasteiger partial charge in [-0.2, -0.15) is 0 Å². The predicted molar refractivity (Wildman–Crippen MR) is 58.4 cm³/mol. The fourth-order valence-corrected chi connectivity index (χ4v) is 1.53. The van der Waals surface area contributed by atoms with Crippen LogP contribution in [0.3, 0.4) is 0 Å². The van der Waals surface area contributed by atoms with Gasteiger partial charge in [0.15, 0.2) is 0 Å². The van der Waals surface area contributed by atoms with E-state index in [2.05, 4.69) is 9.47 Å². The molecule has 0 atom stereocenters. The molecule has 0 aromatic rings. The highest BCUT2D eigenvalue weighted by Gasteiger charge is 2.11. The molecule has 1 saturated heterocycles. The molecule has 1 N–H and O–H groups in total. The van der Waals surface area contributed by atoms with E-state index >= 15 is 0 Å². The first-order valence-corrected chi connectivity index (χ1v) is 5.34. The summed E-state index contributed by atoms with van der Waals surface area (Å²) in [6, 6.07) is 0. The number of carboxylic acid groups (broad SMARTS) is 1. The van der Waals surface area contributed by atoms with Crippen molar-refractivity contribution in [3.63, 3.8) is 0 Å². The zero-order chi connectivity index (χ0) is 11.6. The van der Waals surface area contributed by atoms with Crippen molar-refractivity contribution >= 4 is 5.97 Å². The SMILES string of the molecule is C1=COC=CO1.O=C(O)CN1CCCCC1. The van der Waals surface area contributed by atoms with Crippen molar-refractivity contribution in [2.45, 2.75) is 19.3 Å². The molecule has 0 amide bonds. The van der Waals surface area contributed by atoms with Gasteiger partial charge in [-0.15, -0.1) is 0 Å². The second-order valence-electron chi connectivity index (χ2n) is 3.55. The van der Waals surface area contributed by atoms with Gasteiger partial charge in [0, 0.05) is 0 Å². The lowest BCUT2D eigenvalue weighted by molar-refractivity contribution is -0.138. The minimum absolute atomic E-state index is 0.222. The maximum absolute atomic E-state index is 10.2. The summed E-state index contributed by atoms with van der Waals surface area (Å²) in [7, 11) is 0. The summed E-state index contributed by atoms with van der Waals surface area (Å²) in [4.78, 5) is 12.2. The lowest BCUT2D eigenvalue weighted by atomic mass is 10.1. The first-order chi connectivity index (χ1) is 7.79. The maximum atomic E-state index is 10.2. The molecule has 2 rings (SSSR count). The molecule has 16 heavy (non-hydrogen) atoms. The van der Waals surface area contributed by atoms with Crippen molar-refractivity contribution in [2.75, 3.05) is 19.6 Å². The standard InChI is InChI=1S/C7H13NO2.C4H4O2/c9-7(10)6-8-4-2-1-3-5-8;1-2-6-4-3-5-1/h1-6H2,(H,9,10);1-4H. The average Bonchev–Trinajstić information content (AvgIpc) is 2.32. The average molecular weight is 227 g/mol. The Morgan fingerprint density at radius 2 is 1.56 bits per heavy atom. The molecule has 0 aromatic heterocycles.